The fourth-order valence-electron chi connectivity index (χ4n) is 3.69. The average Bonchev–Trinajstić information content (AvgIpc) is 3.34. The standard InChI is InChI=1S/C22H18N4/c1-2-6-16(7-3-1)22-21(17-8-4-5-9-18(17)24-22)20-14-19(25-26-20)15-10-12-23-13-11-15/h1-13,20,24,26H,14H2. The van der Waals surface area contributed by atoms with Gasteiger partial charge in [-0.05, 0) is 23.8 Å². The molecule has 4 heteroatoms. The zero-order chi connectivity index (χ0) is 17.3. The van der Waals surface area contributed by atoms with Gasteiger partial charge in [-0.2, -0.15) is 5.10 Å². The van der Waals surface area contributed by atoms with Crippen LogP contribution in [0.25, 0.3) is 22.2 Å². The van der Waals surface area contributed by atoms with Crippen molar-refractivity contribution >= 4 is 16.6 Å². The first-order valence-corrected chi connectivity index (χ1v) is 8.78. The molecule has 2 N–H and O–H groups in total. The molecule has 1 aliphatic heterocycles. The maximum Gasteiger partial charge on any atom is 0.0772 e. The van der Waals surface area contributed by atoms with Gasteiger partial charge in [-0.25, -0.2) is 0 Å². The van der Waals surface area contributed by atoms with Crippen LogP contribution in [0.5, 0.6) is 0 Å². The number of nitrogens with one attached hydrogen (secondary N) is 2. The Hall–Kier alpha value is -3.40. The van der Waals surface area contributed by atoms with E-state index in [0.29, 0.717) is 0 Å². The monoisotopic (exact) mass is 338 g/mol. The molecule has 2 aromatic heterocycles. The zero-order valence-electron chi connectivity index (χ0n) is 14.2. The minimum atomic E-state index is 0.143. The second-order valence-corrected chi connectivity index (χ2v) is 6.51. The lowest BCUT2D eigenvalue weighted by atomic mass is 9.95. The molecule has 126 valence electrons. The number of para-hydroxylation sites is 1. The van der Waals surface area contributed by atoms with Crippen molar-refractivity contribution < 1.29 is 0 Å². The SMILES string of the molecule is c1ccc(-c2[nH]c3ccccc3c2C2CC(c3ccncc3)=NN2)cc1. The van der Waals surface area contributed by atoms with Crippen molar-refractivity contribution in [3.63, 3.8) is 0 Å². The van der Waals surface area contributed by atoms with Crippen molar-refractivity contribution in [1.82, 2.24) is 15.4 Å². The van der Waals surface area contributed by atoms with Crippen LogP contribution in [0.4, 0.5) is 0 Å². The van der Waals surface area contributed by atoms with Gasteiger partial charge >= 0.3 is 0 Å². The molecule has 0 saturated carbocycles. The molecule has 1 unspecified atom stereocenters. The van der Waals surface area contributed by atoms with E-state index >= 15 is 0 Å². The molecular weight excluding hydrogens is 320 g/mol. The van der Waals surface area contributed by atoms with Gasteiger partial charge in [0, 0.05) is 40.8 Å². The van der Waals surface area contributed by atoms with Crippen molar-refractivity contribution in [3.05, 3.63) is 90.3 Å². The van der Waals surface area contributed by atoms with E-state index in [2.05, 4.69) is 69.0 Å². The van der Waals surface area contributed by atoms with E-state index in [1.807, 2.05) is 30.6 Å². The minimum absolute atomic E-state index is 0.143. The van der Waals surface area contributed by atoms with E-state index < -0.39 is 0 Å². The first-order valence-electron chi connectivity index (χ1n) is 8.78. The summed E-state index contributed by atoms with van der Waals surface area (Å²) in [6.45, 7) is 0. The third-order valence-corrected chi connectivity index (χ3v) is 4.92. The Kier molecular flexibility index (Phi) is 3.53. The van der Waals surface area contributed by atoms with Gasteiger partial charge in [0.25, 0.3) is 0 Å². The second-order valence-electron chi connectivity index (χ2n) is 6.51. The summed E-state index contributed by atoms with van der Waals surface area (Å²) in [4.78, 5) is 7.71. The number of rotatable bonds is 3. The number of hydrogen-bond acceptors (Lipinski definition) is 3. The predicted molar refractivity (Wildman–Crippen MR) is 105 cm³/mol. The third-order valence-electron chi connectivity index (χ3n) is 4.92. The molecular formula is C22H18N4. The van der Waals surface area contributed by atoms with E-state index in [9.17, 15) is 0 Å². The molecule has 5 rings (SSSR count). The maximum absolute atomic E-state index is 4.61. The lowest BCUT2D eigenvalue weighted by Gasteiger charge is -2.13. The van der Waals surface area contributed by atoms with E-state index in [1.54, 1.807) is 0 Å². The van der Waals surface area contributed by atoms with Gasteiger partial charge in [-0.1, -0.05) is 48.5 Å². The Bertz CT molecular complexity index is 1080. The predicted octanol–water partition coefficient (Wildman–Crippen LogP) is 4.67. The zero-order valence-corrected chi connectivity index (χ0v) is 14.2. The van der Waals surface area contributed by atoms with Crippen LogP contribution in [0.1, 0.15) is 23.6 Å². The normalized spacial score (nSPS) is 16.5. The molecule has 4 nitrogen and oxygen atoms in total. The van der Waals surface area contributed by atoms with Gasteiger partial charge in [0.05, 0.1) is 17.4 Å². The summed E-state index contributed by atoms with van der Waals surface area (Å²) >= 11 is 0. The fraction of sp³-hybridized carbons (Fsp3) is 0.0909. The Morgan fingerprint density at radius 2 is 1.58 bits per heavy atom. The quantitative estimate of drug-likeness (QED) is 0.570. The molecule has 0 bridgehead atoms. The van der Waals surface area contributed by atoms with E-state index in [-0.39, 0.29) is 6.04 Å². The van der Waals surface area contributed by atoms with Crippen LogP contribution in [0, 0.1) is 0 Å². The molecule has 1 aliphatic rings. The lowest BCUT2D eigenvalue weighted by molar-refractivity contribution is 0.625. The Morgan fingerprint density at radius 3 is 2.42 bits per heavy atom. The number of aromatic amines is 1. The van der Waals surface area contributed by atoms with Gasteiger partial charge in [0.15, 0.2) is 0 Å². The molecule has 1 atom stereocenters. The molecule has 0 aliphatic carbocycles. The second kappa shape index (κ2) is 6.15. The molecule has 3 heterocycles. The van der Waals surface area contributed by atoms with E-state index in [0.717, 1.165) is 28.9 Å². The van der Waals surface area contributed by atoms with Crippen molar-refractivity contribution in [2.24, 2.45) is 5.10 Å². The van der Waals surface area contributed by atoms with Crippen molar-refractivity contribution in [2.75, 3.05) is 0 Å². The molecule has 26 heavy (non-hydrogen) atoms. The third kappa shape index (κ3) is 2.47. The number of pyridine rings is 1. The number of fused-ring (bicyclic) bond motifs is 1. The topological polar surface area (TPSA) is 53.1 Å². The molecule has 0 spiro atoms. The average molecular weight is 338 g/mol. The van der Waals surface area contributed by atoms with Gasteiger partial charge in [-0.3, -0.25) is 4.98 Å². The van der Waals surface area contributed by atoms with Crippen LogP contribution in [0.3, 0.4) is 0 Å². The molecule has 0 fully saturated rings. The summed E-state index contributed by atoms with van der Waals surface area (Å²) in [7, 11) is 0. The van der Waals surface area contributed by atoms with Crippen molar-refractivity contribution in [1.29, 1.82) is 0 Å². The lowest BCUT2D eigenvalue weighted by Crippen LogP contribution is -2.10. The van der Waals surface area contributed by atoms with Crippen LogP contribution in [-0.4, -0.2) is 15.7 Å². The molecule has 0 saturated heterocycles. The minimum Gasteiger partial charge on any atom is -0.354 e. The van der Waals surface area contributed by atoms with Crippen molar-refractivity contribution in [3.8, 4) is 11.3 Å². The number of benzene rings is 2. The first kappa shape index (κ1) is 14.9. The number of aromatic nitrogens is 2. The highest BCUT2D eigenvalue weighted by Crippen LogP contribution is 2.37. The van der Waals surface area contributed by atoms with Crippen molar-refractivity contribution in [2.45, 2.75) is 12.5 Å². The van der Waals surface area contributed by atoms with Crippen LogP contribution in [0.2, 0.25) is 0 Å². The van der Waals surface area contributed by atoms with Crippen LogP contribution < -0.4 is 5.43 Å². The Balaban J connectivity index is 1.59. The number of H-pyrrole nitrogens is 1. The molecule has 2 aromatic carbocycles. The van der Waals surface area contributed by atoms with Gasteiger partial charge in [-0.15, -0.1) is 0 Å². The van der Waals surface area contributed by atoms with E-state index in [4.69, 9.17) is 0 Å². The highest BCUT2D eigenvalue weighted by molar-refractivity contribution is 6.02. The van der Waals surface area contributed by atoms with Crippen LogP contribution >= 0.6 is 0 Å². The number of hydrazone groups is 1. The first-order chi connectivity index (χ1) is 12.9. The largest absolute Gasteiger partial charge is 0.354 e. The summed E-state index contributed by atoms with van der Waals surface area (Å²) in [6, 6.07) is 23.1. The fourth-order valence-corrected chi connectivity index (χ4v) is 3.69. The highest BCUT2D eigenvalue weighted by atomic mass is 15.3. The van der Waals surface area contributed by atoms with Gasteiger partial charge in [0.2, 0.25) is 0 Å². The summed E-state index contributed by atoms with van der Waals surface area (Å²) in [6.07, 6.45) is 4.48. The summed E-state index contributed by atoms with van der Waals surface area (Å²) < 4.78 is 0. The Morgan fingerprint density at radius 1 is 0.808 bits per heavy atom. The van der Waals surface area contributed by atoms with E-state index in [1.165, 1.54) is 16.5 Å². The smallest absolute Gasteiger partial charge is 0.0772 e. The maximum atomic E-state index is 4.61. The van der Waals surface area contributed by atoms with Crippen LogP contribution in [-0.2, 0) is 0 Å². The van der Waals surface area contributed by atoms with Crippen LogP contribution in [0.15, 0.2) is 84.2 Å². The molecule has 4 aromatic rings. The van der Waals surface area contributed by atoms with Gasteiger partial charge in [0.1, 0.15) is 0 Å². The summed E-state index contributed by atoms with van der Waals surface area (Å²) in [5.41, 5.74) is 10.3. The number of nitrogens with zero attached hydrogens (tertiary/aromatic N) is 2. The van der Waals surface area contributed by atoms with Gasteiger partial charge < -0.3 is 10.4 Å². The summed E-state index contributed by atoms with van der Waals surface area (Å²) in [5.74, 6) is 0. The summed E-state index contributed by atoms with van der Waals surface area (Å²) in [5, 5.41) is 5.86. The molecule has 0 radical (unpaired) electrons. The number of hydrogen-bond donors (Lipinski definition) is 2. The highest BCUT2D eigenvalue weighted by Gasteiger charge is 2.27. The molecule has 0 amide bonds. The Labute approximate surface area is 151 Å².